The molecule has 330 valence electrons. The second kappa shape index (κ2) is 19.6. The van der Waals surface area contributed by atoms with Gasteiger partial charge in [0.05, 0.1) is 69.7 Å². The quantitative estimate of drug-likeness (QED) is 0.107. The van der Waals surface area contributed by atoms with Gasteiger partial charge in [-0.1, -0.05) is 52.3 Å². The lowest BCUT2D eigenvalue weighted by Crippen LogP contribution is -2.33. The minimum absolute atomic E-state index is 0.000144. The Morgan fingerprint density at radius 3 is 1.47 bits per heavy atom. The molecule has 6 heterocycles. The number of aromatic nitrogens is 6. The lowest BCUT2D eigenvalue weighted by Gasteiger charge is -2.26. The first kappa shape index (κ1) is 46.6. The number of fused-ring (bicyclic) bond motifs is 2. The van der Waals surface area contributed by atoms with Crippen LogP contribution in [-0.4, -0.2) is 60.3 Å². The van der Waals surface area contributed by atoms with E-state index in [1.165, 1.54) is 33.4 Å². The average molecular weight is 997 g/mol. The molecule has 0 aliphatic carbocycles. The van der Waals surface area contributed by atoms with Crippen molar-refractivity contribution < 1.29 is 35.8 Å². The largest absolute Gasteiger partial charge is 0.380 e. The first-order chi connectivity index (χ1) is 29.4. The molecule has 4 aromatic heterocycles. The number of anilines is 2. The maximum absolute atomic E-state index is 14.6. The summed E-state index contributed by atoms with van der Waals surface area (Å²) in [6.07, 6.45) is -5.80. The molecular formula is C42H42Br2F6N8O4. The Bertz CT molecular complexity index is 2730. The normalized spacial score (nSPS) is 15.0. The van der Waals surface area contributed by atoms with Crippen molar-refractivity contribution in [2.24, 2.45) is 14.1 Å². The van der Waals surface area contributed by atoms with E-state index in [9.17, 15) is 35.9 Å². The van der Waals surface area contributed by atoms with Crippen molar-refractivity contribution in [1.29, 1.82) is 0 Å². The second-order valence-electron chi connectivity index (χ2n) is 14.7. The van der Waals surface area contributed by atoms with Crippen LogP contribution < -0.4 is 21.8 Å². The molecule has 2 N–H and O–H groups in total. The average Bonchev–Trinajstić information content (AvgIpc) is 3.18. The monoisotopic (exact) mass is 994 g/mol. The van der Waals surface area contributed by atoms with Crippen molar-refractivity contribution in [1.82, 2.24) is 29.1 Å². The molecule has 0 unspecified atom stereocenters. The number of halogens is 8. The number of ether oxygens (including phenoxy) is 2. The van der Waals surface area contributed by atoms with Gasteiger partial charge in [-0.25, -0.2) is 46.3 Å². The Morgan fingerprint density at radius 2 is 1.08 bits per heavy atom. The zero-order valence-corrected chi connectivity index (χ0v) is 37.4. The third kappa shape index (κ3) is 9.97. The van der Waals surface area contributed by atoms with Crippen LogP contribution in [0.2, 0.25) is 0 Å². The van der Waals surface area contributed by atoms with Crippen LogP contribution in [0.15, 0.2) is 62.6 Å². The molecule has 0 saturated carbocycles. The number of hydrogen-bond donors (Lipinski definition) is 2. The number of pyridine rings is 2. The molecule has 0 spiro atoms. The molecule has 2 aliphatic rings. The van der Waals surface area contributed by atoms with Crippen molar-refractivity contribution in [2.45, 2.75) is 63.4 Å². The van der Waals surface area contributed by atoms with E-state index >= 15 is 0 Å². The highest BCUT2D eigenvalue weighted by molar-refractivity contribution is 9.10. The molecule has 12 nitrogen and oxygen atoms in total. The number of rotatable bonds is 9. The topological polar surface area (TPSA) is 138 Å². The first-order valence-electron chi connectivity index (χ1n) is 19.2. The van der Waals surface area contributed by atoms with Crippen LogP contribution in [0.1, 0.15) is 84.2 Å². The van der Waals surface area contributed by atoms with Gasteiger partial charge in [0.25, 0.3) is 24.0 Å². The lowest BCUT2D eigenvalue weighted by molar-refractivity contribution is 0.00780. The van der Waals surface area contributed by atoms with E-state index in [0.717, 1.165) is 25.3 Å². The molecule has 2 fully saturated rings. The van der Waals surface area contributed by atoms with Gasteiger partial charge in [0.2, 0.25) is 0 Å². The Kier molecular flexibility index (Phi) is 14.8. The molecule has 62 heavy (non-hydrogen) atoms. The van der Waals surface area contributed by atoms with Crippen LogP contribution in [0.3, 0.4) is 0 Å². The number of nitrogens with zero attached hydrogens (tertiary/aromatic N) is 6. The van der Waals surface area contributed by atoms with Crippen molar-refractivity contribution >= 4 is 65.6 Å². The second-order valence-corrected chi connectivity index (χ2v) is 16.9. The molecule has 20 heteroatoms. The summed E-state index contributed by atoms with van der Waals surface area (Å²) in [7, 11) is 3.22. The molecule has 0 bridgehead atoms. The van der Waals surface area contributed by atoms with Gasteiger partial charge in [-0.15, -0.1) is 0 Å². The fourth-order valence-corrected chi connectivity index (χ4v) is 7.57. The van der Waals surface area contributed by atoms with Crippen LogP contribution >= 0.6 is 31.9 Å². The van der Waals surface area contributed by atoms with E-state index in [-0.39, 0.29) is 28.2 Å². The fourth-order valence-electron chi connectivity index (χ4n) is 6.71. The number of benzene rings is 2. The summed E-state index contributed by atoms with van der Waals surface area (Å²) in [5.74, 6) is -0.268. The van der Waals surface area contributed by atoms with Gasteiger partial charge < -0.3 is 20.1 Å². The maximum Gasteiger partial charge on any atom is 0.266 e. The molecule has 8 rings (SSSR count). The molecule has 6 aromatic rings. The summed E-state index contributed by atoms with van der Waals surface area (Å²) < 4.78 is 94.3. The summed E-state index contributed by atoms with van der Waals surface area (Å²) in [5.41, 5.74) is -0.0327. The molecule has 0 amide bonds. The van der Waals surface area contributed by atoms with Crippen LogP contribution in [0.4, 0.5) is 38.0 Å². The van der Waals surface area contributed by atoms with Crippen LogP contribution in [0.5, 0.6) is 0 Å². The van der Waals surface area contributed by atoms with E-state index in [2.05, 4.69) is 62.4 Å². The zero-order valence-electron chi connectivity index (χ0n) is 34.3. The molecule has 2 atom stereocenters. The predicted octanol–water partition coefficient (Wildman–Crippen LogP) is 9.43. The van der Waals surface area contributed by atoms with Crippen LogP contribution in [-0.2, 0) is 23.6 Å². The van der Waals surface area contributed by atoms with E-state index in [1.54, 1.807) is 53.9 Å². The van der Waals surface area contributed by atoms with Crippen molar-refractivity contribution in [3.8, 4) is 0 Å². The highest BCUT2D eigenvalue weighted by Crippen LogP contribution is 2.33. The molecule has 2 saturated heterocycles. The maximum atomic E-state index is 14.6. The first-order valence-corrected chi connectivity index (χ1v) is 21.0. The van der Waals surface area contributed by atoms with Gasteiger partial charge in [-0.05, 0) is 55.8 Å². The zero-order chi connectivity index (χ0) is 45.2. The third-order valence-electron chi connectivity index (χ3n) is 10.2. The van der Waals surface area contributed by atoms with Gasteiger partial charge in [-0.3, -0.25) is 18.7 Å². The van der Waals surface area contributed by atoms with Gasteiger partial charge in [0, 0.05) is 36.7 Å². The minimum atomic E-state index is -2.90. The molecule has 2 aromatic carbocycles. The van der Waals surface area contributed by atoms with Gasteiger partial charge in [0.1, 0.15) is 46.2 Å². The van der Waals surface area contributed by atoms with E-state index in [4.69, 9.17) is 9.47 Å². The molecular weight excluding hydrogens is 954 g/mol. The summed E-state index contributed by atoms with van der Waals surface area (Å²) in [6, 6.07) is 9.87. The third-order valence-corrected chi connectivity index (χ3v) is 11.3. The van der Waals surface area contributed by atoms with Gasteiger partial charge >= 0.3 is 0 Å². The van der Waals surface area contributed by atoms with Crippen molar-refractivity contribution in [3.63, 3.8) is 0 Å². The summed E-state index contributed by atoms with van der Waals surface area (Å²) in [4.78, 5) is 42.9. The van der Waals surface area contributed by atoms with E-state index < -0.39 is 47.7 Å². The van der Waals surface area contributed by atoms with Crippen molar-refractivity contribution in [2.75, 3.05) is 37.1 Å². The van der Waals surface area contributed by atoms with Crippen LogP contribution in [0.25, 0.3) is 22.1 Å². The summed E-state index contributed by atoms with van der Waals surface area (Å²) in [6.45, 7) is 9.41. The Hall–Kier alpha value is -4.92. The van der Waals surface area contributed by atoms with E-state index in [0.29, 0.717) is 73.4 Å². The number of aryl methyl sites for hydroxylation is 4. The fraction of sp³-hybridized carbons (Fsp3) is 0.381. The van der Waals surface area contributed by atoms with Gasteiger partial charge in [0.15, 0.2) is 0 Å². The predicted molar refractivity (Wildman–Crippen MR) is 231 cm³/mol. The number of nitrogens with one attached hydrogen (secondary N) is 2. The standard InChI is InChI=1S/C21H21F3N4O2.C18H16BrF3N4O.C3H5BrO/c1-10(13-5-4-6-14(17(13)22)18(23)24)25-19-16-7-15(12-8-30-9-12)21(29)28(3)20(16)27-11(2)26-19;1-8(10-5-4-6-11(14(10)20)15(21)22)23-16-12-7-13(19)18(27)26(3)17(12)25-9(2)24-16;4-3-1-5-2-3/h4-7,10,12,18H,8-9H2,1-3H3,(H,25,26,27);4-8,15H,1-3H3,(H,23,24,25);3H,1-2H2/t10-;8-;/m11./s1. The lowest BCUT2D eigenvalue weighted by atomic mass is 9.98. The van der Waals surface area contributed by atoms with Gasteiger partial charge in [-0.2, -0.15) is 0 Å². The SMILES string of the molecule is BrC1COC1.Cc1nc(N[C@H](C)c2cccc(C(F)F)c2F)c2cc(Br)c(=O)n(C)c2n1.Cc1nc(N[C@H](C)c2cccc(C(F)F)c2F)c2cc(C3COC3)c(=O)n(C)c2n1. The highest BCUT2D eigenvalue weighted by atomic mass is 79.9. The van der Waals surface area contributed by atoms with Crippen LogP contribution in [0, 0.1) is 25.5 Å². The molecule has 2 aliphatic heterocycles. The van der Waals surface area contributed by atoms with Crippen molar-refractivity contribution in [3.05, 3.63) is 125 Å². The number of hydrogen-bond acceptors (Lipinski definition) is 10. The highest BCUT2D eigenvalue weighted by Gasteiger charge is 2.27. The Labute approximate surface area is 368 Å². The Balaban J connectivity index is 0.000000186. The molecule has 0 radical (unpaired) electrons. The minimum Gasteiger partial charge on any atom is -0.380 e. The number of alkyl halides is 5. The van der Waals surface area contributed by atoms with E-state index in [1.807, 2.05) is 0 Å². The summed E-state index contributed by atoms with van der Waals surface area (Å²) >= 11 is 6.54. The Morgan fingerprint density at radius 1 is 0.677 bits per heavy atom. The summed E-state index contributed by atoms with van der Waals surface area (Å²) in [5, 5.41) is 7.31. The smallest absolute Gasteiger partial charge is 0.266 e.